The van der Waals surface area contributed by atoms with Crippen LogP contribution >= 0.6 is 0 Å². The summed E-state index contributed by atoms with van der Waals surface area (Å²) in [5.74, 6) is -0.636. The van der Waals surface area contributed by atoms with Crippen LogP contribution < -0.4 is 5.01 Å². The van der Waals surface area contributed by atoms with Gasteiger partial charge in [-0.25, -0.2) is 4.79 Å². The first-order valence-electron chi connectivity index (χ1n) is 7.92. The zero-order valence-corrected chi connectivity index (χ0v) is 13.8. The number of carbonyl (C=O) groups excluding carboxylic acids is 1. The fourth-order valence-electron chi connectivity index (χ4n) is 2.63. The van der Waals surface area contributed by atoms with Gasteiger partial charge in [0.15, 0.2) is 0 Å². The van der Waals surface area contributed by atoms with Gasteiger partial charge in [0.2, 0.25) is 0 Å². The fraction of sp³-hybridized carbons (Fsp3) is 0.150. The molecule has 0 aliphatic carbocycles. The number of hydrogen-bond acceptors (Lipinski definition) is 5. The average Bonchev–Trinajstić information content (AvgIpc) is 3.17. The van der Waals surface area contributed by atoms with Gasteiger partial charge in [0.25, 0.3) is 0 Å². The molecule has 0 atom stereocenters. The summed E-state index contributed by atoms with van der Waals surface area (Å²) in [6.45, 7) is 0.824. The molecule has 0 saturated heterocycles. The molecule has 2 aromatic rings. The molecule has 0 amide bonds. The summed E-state index contributed by atoms with van der Waals surface area (Å²) in [6, 6.07) is 19.5. The smallest absolute Gasteiger partial charge is 0.348 e. The summed E-state index contributed by atoms with van der Waals surface area (Å²) < 4.78 is 4.58. The first-order chi connectivity index (χ1) is 12.2. The number of methoxy groups -OCH3 is 1. The number of ether oxygens (including phenoxy) is 1. The highest BCUT2D eigenvalue weighted by atomic mass is 16.5. The Hall–Kier alpha value is -3.39. The second-order valence-corrected chi connectivity index (χ2v) is 5.54. The van der Waals surface area contributed by atoms with E-state index < -0.39 is 5.97 Å². The largest absolute Gasteiger partial charge is 0.465 e. The van der Waals surface area contributed by atoms with E-state index in [0.717, 1.165) is 35.5 Å². The molecule has 3 rings (SSSR count). The minimum atomic E-state index is -0.636. The number of benzene rings is 2. The van der Waals surface area contributed by atoms with Gasteiger partial charge in [-0.3, -0.25) is 5.01 Å². The molecule has 2 aromatic carbocycles. The van der Waals surface area contributed by atoms with E-state index in [9.17, 15) is 4.79 Å². The Morgan fingerprint density at radius 1 is 1.20 bits per heavy atom. The normalized spacial score (nSPS) is 14.0. The molecule has 0 saturated carbocycles. The number of nitrogens with zero attached hydrogens (tertiary/aromatic N) is 3. The number of hydrogen-bond donors (Lipinski definition) is 0. The van der Waals surface area contributed by atoms with Crippen LogP contribution in [0.15, 0.2) is 65.3 Å². The van der Waals surface area contributed by atoms with E-state index in [-0.39, 0.29) is 5.57 Å². The quantitative estimate of drug-likeness (QED) is 0.489. The molecule has 0 bridgehead atoms. The summed E-state index contributed by atoms with van der Waals surface area (Å²) in [5, 5.41) is 15.7. The van der Waals surface area contributed by atoms with E-state index in [1.807, 2.05) is 53.5 Å². The molecule has 1 aliphatic rings. The highest BCUT2D eigenvalue weighted by Gasteiger charge is 2.17. The summed E-state index contributed by atoms with van der Waals surface area (Å²) in [7, 11) is 1.26. The number of carbonyl (C=O) groups is 1. The highest BCUT2D eigenvalue weighted by molar-refractivity contribution is 6.02. The predicted molar refractivity (Wildman–Crippen MR) is 97.0 cm³/mol. The van der Waals surface area contributed by atoms with E-state index in [4.69, 9.17) is 5.26 Å². The van der Waals surface area contributed by atoms with Crippen molar-refractivity contribution in [3.05, 3.63) is 71.3 Å². The lowest BCUT2D eigenvalue weighted by atomic mass is 10.1. The number of anilines is 1. The number of nitriles is 1. The molecule has 0 spiro atoms. The Morgan fingerprint density at radius 3 is 2.56 bits per heavy atom. The second-order valence-electron chi connectivity index (χ2n) is 5.54. The molecule has 0 N–H and O–H groups in total. The lowest BCUT2D eigenvalue weighted by molar-refractivity contribution is -0.135. The second kappa shape index (κ2) is 7.45. The molecule has 1 heterocycles. The third-order valence-electron chi connectivity index (χ3n) is 3.94. The first-order valence-corrected chi connectivity index (χ1v) is 7.92. The summed E-state index contributed by atoms with van der Waals surface area (Å²) in [6.07, 6.45) is 2.41. The van der Waals surface area contributed by atoms with Crippen molar-refractivity contribution in [3.8, 4) is 6.07 Å². The van der Waals surface area contributed by atoms with Gasteiger partial charge in [0.05, 0.1) is 18.5 Å². The Labute approximate surface area is 146 Å². The van der Waals surface area contributed by atoms with Crippen LogP contribution in [0, 0.1) is 11.3 Å². The zero-order valence-electron chi connectivity index (χ0n) is 13.8. The molecular weight excluding hydrogens is 314 g/mol. The van der Waals surface area contributed by atoms with Crippen LogP contribution in [0.2, 0.25) is 0 Å². The van der Waals surface area contributed by atoms with Crippen molar-refractivity contribution in [2.45, 2.75) is 6.42 Å². The Morgan fingerprint density at radius 2 is 1.92 bits per heavy atom. The average molecular weight is 331 g/mol. The van der Waals surface area contributed by atoms with Crippen molar-refractivity contribution in [3.63, 3.8) is 0 Å². The van der Waals surface area contributed by atoms with Gasteiger partial charge in [-0.05, 0) is 29.3 Å². The van der Waals surface area contributed by atoms with E-state index in [2.05, 4.69) is 22.0 Å². The topological polar surface area (TPSA) is 65.7 Å². The maximum absolute atomic E-state index is 11.5. The number of esters is 1. The molecule has 0 aromatic heterocycles. The van der Waals surface area contributed by atoms with Crippen molar-refractivity contribution in [2.24, 2.45) is 5.10 Å². The van der Waals surface area contributed by atoms with Crippen LogP contribution in [-0.2, 0) is 9.53 Å². The third kappa shape index (κ3) is 3.75. The maximum atomic E-state index is 11.5. The monoisotopic (exact) mass is 331 g/mol. The first kappa shape index (κ1) is 16.5. The van der Waals surface area contributed by atoms with Crippen molar-refractivity contribution in [1.29, 1.82) is 5.26 Å². The van der Waals surface area contributed by atoms with Crippen molar-refractivity contribution >= 4 is 23.4 Å². The van der Waals surface area contributed by atoms with Crippen LogP contribution in [-0.4, -0.2) is 25.3 Å². The SMILES string of the molecule is COC(=O)/C(C#N)=C/c1ccc(N2CCC(c3ccccc3)=N2)cc1. The molecule has 0 fully saturated rings. The molecule has 5 heteroatoms. The predicted octanol–water partition coefficient (Wildman–Crippen LogP) is 3.38. The van der Waals surface area contributed by atoms with Crippen molar-refractivity contribution < 1.29 is 9.53 Å². The van der Waals surface area contributed by atoms with Crippen LogP contribution in [0.5, 0.6) is 0 Å². The lowest BCUT2D eigenvalue weighted by Crippen LogP contribution is -2.11. The maximum Gasteiger partial charge on any atom is 0.348 e. The zero-order chi connectivity index (χ0) is 17.6. The van der Waals surface area contributed by atoms with E-state index in [0.29, 0.717) is 0 Å². The minimum absolute atomic E-state index is 0.0270. The fourth-order valence-corrected chi connectivity index (χ4v) is 2.63. The van der Waals surface area contributed by atoms with Gasteiger partial charge in [0.1, 0.15) is 11.6 Å². The van der Waals surface area contributed by atoms with E-state index in [1.165, 1.54) is 13.2 Å². The van der Waals surface area contributed by atoms with Crippen LogP contribution in [0.4, 0.5) is 5.69 Å². The van der Waals surface area contributed by atoms with Gasteiger partial charge in [0, 0.05) is 13.0 Å². The minimum Gasteiger partial charge on any atom is -0.465 e. The molecule has 25 heavy (non-hydrogen) atoms. The van der Waals surface area contributed by atoms with Gasteiger partial charge in [-0.1, -0.05) is 42.5 Å². The van der Waals surface area contributed by atoms with Crippen molar-refractivity contribution in [2.75, 3.05) is 18.7 Å². The molecular formula is C20H17N3O2. The van der Waals surface area contributed by atoms with Gasteiger partial charge >= 0.3 is 5.97 Å². The number of hydrazone groups is 1. The summed E-state index contributed by atoms with van der Waals surface area (Å²) in [4.78, 5) is 11.5. The van der Waals surface area contributed by atoms with E-state index >= 15 is 0 Å². The Kier molecular flexibility index (Phi) is 4.91. The molecule has 124 valence electrons. The highest BCUT2D eigenvalue weighted by Crippen LogP contribution is 2.23. The summed E-state index contributed by atoms with van der Waals surface area (Å²) in [5.41, 5.74) is 3.92. The lowest BCUT2D eigenvalue weighted by Gasteiger charge is -2.13. The third-order valence-corrected chi connectivity index (χ3v) is 3.94. The standard InChI is InChI=1S/C20H17N3O2/c1-25-20(24)17(14-21)13-15-7-9-18(10-8-15)23-12-11-19(22-23)16-5-3-2-4-6-16/h2-10,13H,11-12H2,1H3/b17-13+. The van der Waals surface area contributed by atoms with Crippen molar-refractivity contribution in [1.82, 2.24) is 0 Å². The Bertz CT molecular complexity index is 862. The summed E-state index contributed by atoms with van der Waals surface area (Å²) >= 11 is 0. The van der Waals surface area contributed by atoms with Gasteiger partial charge in [-0.2, -0.15) is 10.4 Å². The van der Waals surface area contributed by atoms with Gasteiger partial charge < -0.3 is 4.74 Å². The van der Waals surface area contributed by atoms with Crippen LogP contribution in [0.25, 0.3) is 6.08 Å². The van der Waals surface area contributed by atoms with Gasteiger partial charge in [-0.15, -0.1) is 0 Å². The molecule has 1 aliphatic heterocycles. The molecule has 5 nitrogen and oxygen atoms in total. The van der Waals surface area contributed by atoms with Crippen LogP contribution in [0.3, 0.4) is 0 Å². The molecule has 0 unspecified atom stereocenters. The van der Waals surface area contributed by atoms with E-state index in [1.54, 1.807) is 0 Å². The molecule has 0 radical (unpaired) electrons. The Balaban J connectivity index is 1.78. The number of rotatable bonds is 4. The van der Waals surface area contributed by atoms with Crippen LogP contribution in [0.1, 0.15) is 17.5 Å².